The zero-order valence-electron chi connectivity index (χ0n) is 26.1. The van der Waals surface area contributed by atoms with E-state index in [1.165, 1.54) is 4.90 Å². The van der Waals surface area contributed by atoms with Crippen molar-refractivity contribution in [3.63, 3.8) is 0 Å². The maximum absolute atomic E-state index is 14.5. The zero-order valence-corrected chi connectivity index (χ0v) is 26.1. The standard InChI is InChI=1S/C37H34N2O7/c1-38-11-9-23-17-29(41-3)30-19-26(23)27(38)13-21-5-7-25(8-6-21)45-33-16-22(15-32-36(33)44-20-43-32)14-28-34-24(10-12-39(28)2)18-31(42-4)37(46-30)35(34)40/h5-9,11,13,15-19,28,40H,10,12,14,20H2,1-4H3. The van der Waals surface area contributed by atoms with Crippen LogP contribution in [0.1, 0.15) is 39.4 Å². The summed E-state index contributed by atoms with van der Waals surface area (Å²) in [6.45, 7) is 0.993. The number of rotatable bonds is 2. The highest BCUT2D eigenvalue weighted by molar-refractivity contribution is 5.88. The Morgan fingerprint density at radius 2 is 1.70 bits per heavy atom. The van der Waals surface area contributed by atoms with E-state index in [4.69, 9.17) is 28.4 Å². The van der Waals surface area contributed by atoms with Gasteiger partial charge in [-0.2, -0.15) is 0 Å². The summed E-state index contributed by atoms with van der Waals surface area (Å²) in [6.07, 6.45) is 7.49. The number of nitrogens with zero attached hydrogens (tertiary/aromatic N) is 1. The molecule has 2 atom stereocenters. The van der Waals surface area contributed by atoms with Crippen molar-refractivity contribution in [3.8, 4) is 51.7 Å². The van der Waals surface area contributed by atoms with Crippen molar-refractivity contribution in [1.29, 1.82) is 0 Å². The SMILES string of the molecule is COc1cc2c3cc1Oc1c(OC)cc4c(c1[O-])C(Cc1cc5c(c(c1)Oc1ccc(cc1)C=C3N(C)C=C2)OCO5)[NH+](C)CC4. The van der Waals surface area contributed by atoms with Crippen LogP contribution in [0.4, 0.5) is 0 Å². The minimum absolute atomic E-state index is 0.123. The first-order valence-corrected chi connectivity index (χ1v) is 15.4. The topological polar surface area (TPSA) is 86.1 Å². The van der Waals surface area contributed by atoms with Gasteiger partial charge in [0.15, 0.2) is 34.5 Å². The van der Waals surface area contributed by atoms with Crippen LogP contribution in [-0.4, -0.2) is 46.6 Å². The van der Waals surface area contributed by atoms with Crippen molar-refractivity contribution >= 4 is 17.8 Å². The number of hydrogen-bond donors (Lipinski definition) is 1. The quantitative estimate of drug-likeness (QED) is 0.329. The van der Waals surface area contributed by atoms with E-state index in [1.54, 1.807) is 14.2 Å². The van der Waals surface area contributed by atoms with Gasteiger partial charge >= 0.3 is 0 Å². The Morgan fingerprint density at radius 1 is 0.891 bits per heavy atom. The van der Waals surface area contributed by atoms with Crippen LogP contribution in [0.25, 0.3) is 17.8 Å². The van der Waals surface area contributed by atoms with Gasteiger partial charge in [-0.15, -0.1) is 0 Å². The van der Waals surface area contributed by atoms with Crippen molar-refractivity contribution in [3.05, 3.63) is 94.2 Å². The third kappa shape index (κ3) is 4.66. The van der Waals surface area contributed by atoms with Gasteiger partial charge in [0, 0.05) is 42.9 Å². The number of fused-ring (bicyclic) bond motifs is 3. The van der Waals surface area contributed by atoms with Crippen LogP contribution in [-0.2, 0) is 12.8 Å². The molecule has 2 unspecified atom stereocenters. The maximum atomic E-state index is 14.5. The van der Waals surface area contributed by atoms with E-state index in [0.717, 1.165) is 52.0 Å². The summed E-state index contributed by atoms with van der Waals surface area (Å²) in [6, 6.07) is 17.6. The largest absolute Gasteiger partial charge is 0.870 e. The van der Waals surface area contributed by atoms with E-state index in [-0.39, 0.29) is 24.3 Å². The fourth-order valence-electron chi connectivity index (χ4n) is 6.85. The average Bonchev–Trinajstić information content (AvgIpc) is 3.54. The van der Waals surface area contributed by atoms with Gasteiger partial charge in [0.05, 0.1) is 27.8 Å². The van der Waals surface area contributed by atoms with Crippen LogP contribution in [0.5, 0.6) is 51.7 Å². The van der Waals surface area contributed by atoms with E-state index in [0.29, 0.717) is 46.7 Å². The molecule has 0 aromatic heterocycles. The molecule has 8 bridgehead atoms. The first kappa shape index (κ1) is 28.2. The van der Waals surface area contributed by atoms with E-state index >= 15 is 0 Å². The average molecular weight is 619 g/mol. The van der Waals surface area contributed by atoms with Gasteiger partial charge < -0.3 is 43.3 Å². The summed E-state index contributed by atoms with van der Waals surface area (Å²) in [5.74, 6) is 3.78. The summed E-state index contributed by atoms with van der Waals surface area (Å²) >= 11 is 0. The second-order valence-electron chi connectivity index (χ2n) is 12.1. The van der Waals surface area contributed by atoms with E-state index in [9.17, 15) is 5.11 Å². The maximum Gasteiger partial charge on any atom is 0.231 e. The van der Waals surface area contributed by atoms with Crippen LogP contribution in [0.15, 0.2) is 60.8 Å². The zero-order chi connectivity index (χ0) is 31.5. The molecule has 0 fully saturated rings. The Labute approximate surface area is 267 Å². The Balaban J connectivity index is 1.36. The summed E-state index contributed by atoms with van der Waals surface area (Å²) in [5.41, 5.74) is 6.54. The summed E-state index contributed by atoms with van der Waals surface area (Å²) in [5, 5.41) is 14.5. The highest BCUT2D eigenvalue weighted by Gasteiger charge is 2.33. The summed E-state index contributed by atoms with van der Waals surface area (Å²) in [7, 11) is 7.30. The van der Waals surface area contributed by atoms with Gasteiger partial charge in [0.25, 0.3) is 0 Å². The third-order valence-electron chi connectivity index (χ3n) is 9.31. The third-order valence-corrected chi connectivity index (χ3v) is 9.31. The molecule has 234 valence electrons. The molecule has 5 heterocycles. The molecule has 0 saturated carbocycles. The molecule has 5 aliphatic heterocycles. The molecule has 5 aliphatic rings. The first-order chi connectivity index (χ1) is 22.4. The number of likely N-dealkylation sites (N-methyl/N-ethyl adjacent to an activating group) is 1. The van der Waals surface area contributed by atoms with Crippen LogP contribution >= 0.6 is 0 Å². The molecule has 4 aromatic carbocycles. The van der Waals surface area contributed by atoms with Crippen molar-refractivity contribution in [1.82, 2.24) is 4.90 Å². The minimum atomic E-state index is -0.182. The molecule has 0 aliphatic carbocycles. The van der Waals surface area contributed by atoms with Gasteiger partial charge in [-0.05, 0) is 76.9 Å². The fourth-order valence-corrected chi connectivity index (χ4v) is 6.85. The highest BCUT2D eigenvalue weighted by Crippen LogP contribution is 2.49. The molecule has 9 nitrogen and oxygen atoms in total. The molecule has 9 rings (SSSR count). The molecule has 0 radical (unpaired) electrons. The number of quaternary nitrogens is 1. The van der Waals surface area contributed by atoms with E-state index in [1.807, 2.05) is 73.9 Å². The second kappa shape index (κ2) is 11.0. The molecule has 1 N–H and O–H groups in total. The molecular weight excluding hydrogens is 584 g/mol. The van der Waals surface area contributed by atoms with Gasteiger partial charge in [-0.25, -0.2) is 0 Å². The Morgan fingerprint density at radius 3 is 2.50 bits per heavy atom. The van der Waals surface area contributed by atoms with Gasteiger partial charge in [-0.1, -0.05) is 17.9 Å². The molecular formula is C37H34N2O7. The van der Waals surface area contributed by atoms with E-state index < -0.39 is 0 Å². The Kier molecular flexibility index (Phi) is 6.72. The van der Waals surface area contributed by atoms with Gasteiger partial charge in [0.1, 0.15) is 11.8 Å². The number of methoxy groups -OCH3 is 2. The summed E-state index contributed by atoms with van der Waals surface area (Å²) < 4.78 is 36.2. The number of benzene rings is 4. The van der Waals surface area contributed by atoms with Crippen LogP contribution in [0.3, 0.4) is 0 Å². The molecule has 0 saturated heterocycles. The Hall–Kier alpha value is -5.28. The van der Waals surface area contributed by atoms with Gasteiger partial charge in [-0.3, -0.25) is 0 Å². The first-order valence-electron chi connectivity index (χ1n) is 15.4. The molecule has 9 heteroatoms. The predicted molar refractivity (Wildman–Crippen MR) is 171 cm³/mol. The highest BCUT2D eigenvalue weighted by atomic mass is 16.7. The normalized spacial score (nSPS) is 18.9. The van der Waals surface area contributed by atoms with Crippen molar-refractivity contribution < 1.29 is 38.4 Å². The van der Waals surface area contributed by atoms with E-state index in [2.05, 4.69) is 18.0 Å². The molecule has 4 aromatic rings. The molecule has 0 amide bonds. The van der Waals surface area contributed by atoms with Crippen LogP contribution in [0.2, 0.25) is 0 Å². The Bertz CT molecular complexity index is 1930. The van der Waals surface area contributed by atoms with Gasteiger partial charge in [0.2, 0.25) is 12.5 Å². The van der Waals surface area contributed by atoms with Crippen molar-refractivity contribution in [2.45, 2.75) is 18.9 Å². The van der Waals surface area contributed by atoms with Crippen molar-refractivity contribution in [2.24, 2.45) is 0 Å². The van der Waals surface area contributed by atoms with Crippen LogP contribution < -0.4 is 38.4 Å². The lowest BCUT2D eigenvalue weighted by Gasteiger charge is -2.36. The lowest BCUT2D eigenvalue weighted by Crippen LogP contribution is -3.10. The van der Waals surface area contributed by atoms with Crippen molar-refractivity contribution in [2.75, 3.05) is 41.7 Å². The number of ether oxygens (including phenoxy) is 6. The predicted octanol–water partition coefficient (Wildman–Crippen LogP) is 5.17. The molecule has 46 heavy (non-hydrogen) atoms. The minimum Gasteiger partial charge on any atom is -0.870 e. The smallest absolute Gasteiger partial charge is 0.231 e. The number of hydrogen-bond acceptors (Lipinski definition) is 8. The monoisotopic (exact) mass is 618 g/mol. The lowest BCUT2D eigenvalue weighted by atomic mass is 9.87. The number of nitrogens with one attached hydrogen (secondary N) is 1. The van der Waals surface area contributed by atoms with Crippen LogP contribution in [0, 0.1) is 0 Å². The fraction of sp³-hybridized carbons (Fsp3) is 0.243. The summed E-state index contributed by atoms with van der Waals surface area (Å²) in [4.78, 5) is 3.29. The molecule has 0 spiro atoms. The second-order valence-corrected chi connectivity index (χ2v) is 12.1. The lowest BCUT2D eigenvalue weighted by molar-refractivity contribution is -0.914.